The van der Waals surface area contributed by atoms with E-state index in [1.165, 1.54) is 4.90 Å². The molecule has 16 heteroatoms. The second kappa shape index (κ2) is 14.6. The zero-order chi connectivity index (χ0) is 37.4. The van der Waals surface area contributed by atoms with E-state index in [-0.39, 0.29) is 31.1 Å². The van der Waals surface area contributed by atoms with Crippen LogP contribution in [0.4, 0.5) is 0 Å². The molecule has 1 aliphatic carbocycles. The number of fused-ring (bicyclic) bond motifs is 1. The van der Waals surface area contributed by atoms with Gasteiger partial charge in [-0.15, -0.1) is 5.53 Å². The molecule has 0 aromatic heterocycles. The number of rotatable bonds is 11. The molecule has 6 rings (SSSR count). The van der Waals surface area contributed by atoms with Gasteiger partial charge < -0.3 is 36.9 Å². The van der Waals surface area contributed by atoms with Gasteiger partial charge in [-0.2, -0.15) is 0 Å². The molecule has 2 aromatic carbocycles. The molecule has 2 aromatic rings. The number of hydrazine groups is 2. The van der Waals surface area contributed by atoms with E-state index in [0.29, 0.717) is 17.7 Å². The van der Waals surface area contributed by atoms with Crippen LogP contribution < -0.4 is 27.3 Å². The minimum Gasteiger partial charge on any atom is -0.384 e. The maximum Gasteiger partial charge on any atom is 0.251 e. The van der Waals surface area contributed by atoms with Crippen LogP contribution in [0.5, 0.6) is 0 Å². The number of aliphatic hydroxyl groups is 2. The number of amides is 4. The smallest absolute Gasteiger partial charge is 0.251 e. The highest BCUT2D eigenvalue weighted by Crippen LogP contribution is 2.34. The Morgan fingerprint density at radius 3 is 2.44 bits per heavy atom. The van der Waals surface area contributed by atoms with Gasteiger partial charge in [0.25, 0.3) is 5.91 Å². The lowest BCUT2D eigenvalue weighted by Gasteiger charge is -2.36. The molecule has 3 fully saturated rings. The molecule has 5 atom stereocenters. The minimum absolute atomic E-state index is 0.00426. The van der Waals surface area contributed by atoms with E-state index in [2.05, 4.69) is 21.6 Å². The Morgan fingerprint density at radius 2 is 1.79 bits per heavy atom. The van der Waals surface area contributed by atoms with Gasteiger partial charge in [0.05, 0.1) is 28.8 Å². The summed E-state index contributed by atoms with van der Waals surface area (Å²) in [6.45, 7) is 3.19. The van der Waals surface area contributed by atoms with Gasteiger partial charge >= 0.3 is 0 Å². The summed E-state index contributed by atoms with van der Waals surface area (Å²) in [6.07, 6.45) is 4.63. The maximum atomic E-state index is 14.8. The number of nitrogens with zero attached hydrogens (tertiary/aromatic N) is 2. The fourth-order valence-electron chi connectivity index (χ4n) is 8.16. The van der Waals surface area contributed by atoms with E-state index in [1.54, 1.807) is 37.2 Å². The summed E-state index contributed by atoms with van der Waals surface area (Å²) in [5.74, 6) is -3.80. The number of carbonyl (C=O) groups excluding carboxylic acids is 4. The lowest BCUT2D eigenvalue weighted by molar-refractivity contribution is -0.142. The van der Waals surface area contributed by atoms with E-state index in [0.717, 1.165) is 42.9 Å². The number of primary amides is 1. The van der Waals surface area contributed by atoms with Crippen molar-refractivity contribution in [2.24, 2.45) is 11.7 Å². The highest BCUT2D eigenvalue weighted by Gasteiger charge is 2.53. The van der Waals surface area contributed by atoms with Crippen LogP contribution in [0.2, 0.25) is 0 Å². The fourth-order valence-corrected chi connectivity index (χ4v) is 10.1. The van der Waals surface area contributed by atoms with Crippen molar-refractivity contribution in [1.82, 2.24) is 31.5 Å². The van der Waals surface area contributed by atoms with Gasteiger partial charge in [-0.25, -0.2) is 8.42 Å². The van der Waals surface area contributed by atoms with Crippen molar-refractivity contribution in [3.05, 3.63) is 59.9 Å². The summed E-state index contributed by atoms with van der Waals surface area (Å²) in [7, 11) is -3.73. The summed E-state index contributed by atoms with van der Waals surface area (Å²) >= 11 is 0. The van der Waals surface area contributed by atoms with Gasteiger partial charge in [0.1, 0.15) is 17.7 Å². The fraction of sp³-hybridized carbons (Fsp3) is 0.556. The molecule has 0 bridgehead atoms. The first-order chi connectivity index (χ1) is 24.6. The van der Waals surface area contributed by atoms with Crippen molar-refractivity contribution in [3.63, 3.8) is 0 Å². The monoisotopic (exact) mass is 739 g/mol. The highest BCUT2D eigenvalue weighted by atomic mass is 32.2. The van der Waals surface area contributed by atoms with Crippen LogP contribution in [0.1, 0.15) is 75.6 Å². The van der Waals surface area contributed by atoms with Gasteiger partial charge in [-0.05, 0) is 55.5 Å². The number of hydrogen-bond donors (Lipinski definition) is 7. The molecule has 282 valence electrons. The predicted molar refractivity (Wildman–Crippen MR) is 192 cm³/mol. The Labute approximate surface area is 303 Å². The second-order valence-corrected chi connectivity index (χ2v) is 17.4. The summed E-state index contributed by atoms with van der Waals surface area (Å²) in [5, 5.41) is 30.8. The largest absolute Gasteiger partial charge is 0.384 e. The van der Waals surface area contributed by atoms with E-state index >= 15 is 0 Å². The normalized spacial score (nSPS) is 26.0. The lowest BCUT2D eigenvalue weighted by Crippen LogP contribution is -2.64. The van der Waals surface area contributed by atoms with Crippen LogP contribution in [0.3, 0.4) is 0 Å². The number of nitrogens with two attached hydrogens (primary N) is 1. The summed E-state index contributed by atoms with van der Waals surface area (Å²) < 4.78 is 25.2. The van der Waals surface area contributed by atoms with E-state index in [9.17, 15) is 37.8 Å². The molecule has 8 N–H and O–H groups in total. The van der Waals surface area contributed by atoms with Crippen LogP contribution >= 0.6 is 0 Å². The number of hydrogen-bond acceptors (Lipinski definition) is 11. The van der Waals surface area contributed by atoms with E-state index < -0.39 is 74.6 Å². The first kappa shape index (κ1) is 37.5. The van der Waals surface area contributed by atoms with Gasteiger partial charge in [0.2, 0.25) is 17.7 Å². The van der Waals surface area contributed by atoms with Crippen molar-refractivity contribution >= 4 is 44.2 Å². The molecule has 2 unspecified atom stereocenters. The third kappa shape index (κ3) is 7.89. The van der Waals surface area contributed by atoms with Crippen molar-refractivity contribution in [2.75, 3.05) is 18.1 Å². The molecular formula is C36H49N7O8S. The first-order valence-electron chi connectivity index (χ1n) is 17.9. The van der Waals surface area contributed by atoms with Crippen molar-refractivity contribution in [2.45, 2.75) is 101 Å². The SMILES string of the molecule is CC(C)(O)C1=CNNN1[C@H]1C[C@@H](C(=O)NC2(C(O)C(N)=O)CCS(=O)(=O)C2)N(C(=O)[C@@H](CC2CCCCC2)NC(=O)c2ccc3ccccc3c2)C1. The number of carbonyl (C=O) groups is 4. The van der Waals surface area contributed by atoms with Gasteiger partial charge in [-0.1, -0.05) is 62.4 Å². The molecule has 3 heterocycles. The van der Waals surface area contributed by atoms with Crippen molar-refractivity contribution in [1.29, 1.82) is 0 Å². The van der Waals surface area contributed by atoms with Crippen LogP contribution in [0.25, 0.3) is 10.8 Å². The second-order valence-electron chi connectivity index (χ2n) is 15.2. The zero-order valence-electron chi connectivity index (χ0n) is 29.5. The van der Waals surface area contributed by atoms with Gasteiger partial charge in [-0.3, -0.25) is 24.2 Å². The Morgan fingerprint density at radius 1 is 1.08 bits per heavy atom. The van der Waals surface area contributed by atoms with Crippen molar-refractivity contribution in [3.8, 4) is 0 Å². The minimum atomic E-state index is -3.73. The lowest BCUT2D eigenvalue weighted by atomic mass is 9.84. The summed E-state index contributed by atoms with van der Waals surface area (Å²) in [5.41, 5.74) is 8.90. The predicted octanol–water partition coefficient (Wildman–Crippen LogP) is 0.335. The molecule has 2 saturated heterocycles. The summed E-state index contributed by atoms with van der Waals surface area (Å²) in [4.78, 5) is 56.5. The number of sulfone groups is 1. The molecule has 52 heavy (non-hydrogen) atoms. The first-order valence-corrected chi connectivity index (χ1v) is 19.7. The molecular weight excluding hydrogens is 691 g/mol. The molecule has 4 amide bonds. The summed E-state index contributed by atoms with van der Waals surface area (Å²) in [6, 6.07) is 10.2. The third-order valence-corrected chi connectivity index (χ3v) is 12.7. The Kier molecular flexibility index (Phi) is 10.6. The topological polar surface area (TPSA) is 223 Å². The molecule has 1 saturated carbocycles. The number of nitrogens with one attached hydrogen (secondary N) is 4. The average Bonchev–Trinajstić information content (AvgIpc) is 3.85. The molecule has 0 radical (unpaired) electrons. The number of likely N-dealkylation sites (tertiary alicyclic amines) is 1. The molecule has 0 spiro atoms. The van der Waals surface area contributed by atoms with Crippen LogP contribution in [-0.4, -0.2) is 106 Å². The number of aliphatic hydroxyl groups excluding tert-OH is 1. The van der Waals surface area contributed by atoms with Crippen LogP contribution in [0.15, 0.2) is 54.4 Å². The third-order valence-electron chi connectivity index (χ3n) is 10.9. The Balaban J connectivity index is 1.32. The Bertz CT molecular complexity index is 1860. The molecule has 15 nitrogen and oxygen atoms in total. The number of benzene rings is 2. The maximum absolute atomic E-state index is 14.8. The van der Waals surface area contributed by atoms with Gasteiger partial charge in [0, 0.05) is 24.7 Å². The molecule has 3 aliphatic heterocycles. The highest BCUT2D eigenvalue weighted by molar-refractivity contribution is 7.91. The van der Waals surface area contributed by atoms with Crippen molar-refractivity contribution < 1.29 is 37.8 Å². The zero-order valence-corrected chi connectivity index (χ0v) is 30.3. The van der Waals surface area contributed by atoms with Crippen LogP contribution in [-0.2, 0) is 24.2 Å². The van der Waals surface area contributed by atoms with E-state index in [1.807, 2.05) is 30.3 Å². The van der Waals surface area contributed by atoms with Crippen LogP contribution in [0, 0.1) is 5.92 Å². The van der Waals surface area contributed by atoms with Gasteiger partial charge in [0.15, 0.2) is 15.9 Å². The van der Waals surface area contributed by atoms with E-state index in [4.69, 9.17) is 5.73 Å². The standard InChI is InChI=1S/C36H49N7O8S/c1-35(2,49)29-19-38-41-43(29)26-18-28(33(47)40-36(30(44)31(37)45)14-15-52(50,51)21-36)42(20-26)34(48)27(16-22-8-4-3-5-9-22)39-32(46)25-13-12-23-10-6-7-11-24(23)17-25/h6-7,10-13,17,19,22,26-28,30,38,41,44,49H,3-5,8-9,14-16,18,20-21H2,1-2H3,(H2,37,45)(H,39,46)(H,40,47)/t26-,27+,28-,30?,36?/m0/s1. The Hall–Kier alpha value is -4.25. The quantitative estimate of drug-likeness (QED) is 0.166. The average molecular weight is 740 g/mol. The molecule has 4 aliphatic rings.